The van der Waals surface area contributed by atoms with Crippen LogP contribution in [0.15, 0.2) is 47.6 Å². The van der Waals surface area contributed by atoms with Gasteiger partial charge in [0.15, 0.2) is 0 Å². The first-order chi connectivity index (χ1) is 14.4. The standard InChI is InChI=1S/C20H19ClN4O4S/c1-13-11-14(20(26)25-7-9-29-10-8-25)17(12-15(13)21)24-30(27,28)18-4-2-3-16-19(18)23-6-5-22-16/h2-6,11-12,24H,7-10H2,1H3. The van der Waals surface area contributed by atoms with Crippen LogP contribution in [0.3, 0.4) is 0 Å². The summed E-state index contributed by atoms with van der Waals surface area (Å²) in [6, 6.07) is 7.77. The Morgan fingerprint density at radius 1 is 1.17 bits per heavy atom. The van der Waals surface area contributed by atoms with E-state index < -0.39 is 10.0 Å². The number of morpholine rings is 1. The van der Waals surface area contributed by atoms with Crippen LogP contribution >= 0.6 is 11.6 Å². The van der Waals surface area contributed by atoms with Crippen LogP contribution in [-0.2, 0) is 14.8 Å². The van der Waals surface area contributed by atoms with Gasteiger partial charge in [-0.25, -0.2) is 8.42 Å². The Morgan fingerprint density at radius 3 is 2.67 bits per heavy atom. The molecule has 1 aliphatic rings. The van der Waals surface area contributed by atoms with Gasteiger partial charge in [0.2, 0.25) is 0 Å². The van der Waals surface area contributed by atoms with Gasteiger partial charge < -0.3 is 9.64 Å². The number of rotatable bonds is 4. The van der Waals surface area contributed by atoms with Gasteiger partial charge in [-0.3, -0.25) is 19.5 Å². The molecule has 0 saturated carbocycles. The van der Waals surface area contributed by atoms with Crippen LogP contribution < -0.4 is 4.72 Å². The molecule has 1 fully saturated rings. The molecule has 0 unspecified atom stereocenters. The molecule has 4 rings (SSSR count). The predicted molar refractivity (Wildman–Crippen MR) is 113 cm³/mol. The molecule has 0 bridgehead atoms. The van der Waals surface area contributed by atoms with Crippen LogP contribution in [0.2, 0.25) is 5.02 Å². The number of benzene rings is 2. The molecule has 0 radical (unpaired) electrons. The molecule has 1 amide bonds. The molecule has 1 aromatic heterocycles. The van der Waals surface area contributed by atoms with Crippen molar-refractivity contribution in [1.29, 1.82) is 0 Å². The number of nitrogens with zero attached hydrogens (tertiary/aromatic N) is 3. The Kier molecular flexibility index (Phi) is 5.59. The molecule has 2 aromatic carbocycles. The molecule has 1 aliphatic heterocycles. The number of carbonyl (C=O) groups is 1. The van der Waals surface area contributed by atoms with Crippen molar-refractivity contribution < 1.29 is 17.9 Å². The van der Waals surface area contributed by atoms with Gasteiger partial charge >= 0.3 is 0 Å². The van der Waals surface area contributed by atoms with Crippen molar-refractivity contribution in [1.82, 2.24) is 14.9 Å². The third-order valence-electron chi connectivity index (χ3n) is 4.82. The van der Waals surface area contributed by atoms with Crippen molar-refractivity contribution in [2.24, 2.45) is 0 Å². The molecule has 0 aliphatic carbocycles. The van der Waals surface area contributed by atoms with E-state index in [2.05, 4.69) is 14.7 Å². The third kappa shape index (κ3) is 3.96. The van der Waals surface area contributed by atoms with Crippen LogP contribution in [0.1, 0.15) is 15.9 Å². The summed E-state index contributed by atoms with van der Waals surface area (Å²) >= 11 is 6.24. The Hall–Kier alpha value is -2.75. The second-order valence-electron chi connectivity index (χ2n) is 6.84. The first-order valence-corrected chi connectivity index (χ1v) is 11.1. The largest absolute Gasteiger partial charge is 0.378 e. The number of para-hydroxylation sites is 1. The van der Waals surface area contributed by atoms with E-state index >= 15 is 0 Å². The van der Waals surface area contributed by atoms with Gasteiger partial charge in [0.25, 0.3) is 15.9 Å². The average Bonchev–Trinajstić information content (AvgIpc) is 2.75. The molecular formula is C20H19ClN4O4S. The minimum Gasteiger partial charge on any atom is -0.378 e. The number of hydrogen-bond donors (Lipinski definition) is 1. The Morgan fingerprint density at radius 2 is 1.90 bits per heavy atom. The smallest absolute Gasteiger partial charge is 0.264 e. The number of fused-ring (bicyclic) bond motifs is 1. The zero-order chi connectivity index (χ0) is 21.3. The highest BCUT2D eigenvalue weighted by Crippen LogP contribution is 2.29. The van der Waals surface area contributed by atoms with Gasteiger partial charge in [0.1, 0.15) is 10.4 Å². The maximum Gasteiger partial charge on any atom is 0.264 e. The maximum atomic E-state index is 13.2. The van der Waals surface area contributed by atoms with E-state index in [1.807, 2.05) is 0 Å². The lowest BCUT2D eigenvalue weighted by molar-refractivity contribution is 0.0303. The molecule has 0 atom stereocenters. The topological polar surface area (TPSA) is 101 Å². The summed E-state index contributed by atoms with van der Waals surface area (Å²) in [5.41, 5.74) is 1.71. The van der Waals surface area contributed by atoms with Crippen LogP contribution in [0.5, 0.6) is 0 Å². The van der Waals surface area contributed by atoms with Gasteiger partial charge in [-0.1, -0.05) is 17.7 Å². The van der Waals surface area contributed by atoms with E-state index in [1.165, 1.54) is 24.5 Å². The summed E-state index contributed by atoms with van der Waals surface area (Å²) in [6.45, 7) is 3.51. The number of nitrogens with one attached hydrogen (secondary N) is 1. The van der Waals surface area contributed by atoms with E-state index in [4.69, 9.17) is 16.3 Å². The summed E-state index contributed by atoms with van der Waals surface area (Å²) in [5.74, 6) is -0.284. The summed E-state index contributed by atoms with van der Waals surface area (Å²) in [6.07, 6.45) is 2.92. The summed E-state index contributed by atoms with van der Waals surface area (Å²) in [4.78, 5) is 23.0. The number of halogens is 1. The number of amides is 1. The molecule has 156 valence electrons. The second-order valence-corrected chi connectivity index (χ2v) is 8.90. The fourth-order valence-corrected chi connectivity index (χ4v) is 4.66. The van der Waals surface area contributed by atoms with Gasteiger partial charge in [0, 0.05) is 30.5 Å². The van der Waals surface area contributed by atoms with Crippen molar-refractivity contribution in [3.8, 4) is 0 Å². The lowest BCUT2D eigenvalue weighted by Crippen LogP contribution is -2.41. The van der Waals surface area contributed by atoms with E-state index in [-0.39, 0.29) is 27.6 Å². The minimum atomic E-state index is -4.06. The fraction of sp³-hybridized carbons (Fsp3) is 0.250. The Labute approximate surface area is 178 Å². The van der Waals surface area contributed by atoms with Crippen molar-refractivity contribution in [2.75, 3.05) is 31.0 Å². The molecule has 30 heavy (non-hydrogen) atoms. The van der Waals surface area contributed by atoms with E-state index in [1.54, 1.807) is 30.0 Å². The molecule has 3 aromatic rings. The van der Waals surface area contributed by atoms with Crippen molar-refractivity contribution in [3.05, 3.63) is 58.9 Å². The predicted octanol–water partition coefficient (Wildman–Crippen LogP) is 2.86. The molecule has 1 N–H and O–H groups in total. The Balaban J connectivity index is 1.76. The van der Waals surface area contributed by atoms with Crippen molar-refractivity contribution in [2.45, 2.75) is 11.8 Å². The van der Waals surface area contributed by atoms with E-state index in [9.17, 15) is 13.2 Å². The summed E-state index contributed by atoms with van der Waals surface area (Å²) in [5, 5.41) is 0.351. The minimum absolute atomic E-state index is 0.0328. The highest BCUT2D eigenvalue weighted by atomic mass is 35.5. The zero-order valence-electron chi connectivity index (χ0n) is 16.1. The average molecular weight is 447 g/mol. The summed E-state index contributed by atoms with van der Waals surface area (Å²) < 4.78 is 34.2. The second kappa shape index (κ2) is 8.17. The molecular weight excluding hydrogens is 428 g/mol. The van der Waals surface area contributed by atoms with Crippen LogP contribution in [-0.4, -0.2) is 55.5 Å². The van der Waals surface area contributed by atoms with Gasteiger partial charge in [-0.05, 0) is 36.8 Å². The zero-order valence-corrected chi connectivity index (χ0v) is 17.7. The number of anilines is 1. The molecule has 1 saturated heterocycles. The number of hydrogen-bond acceptors (Lipinski definition) is 6. The van der Waals surface area contributed by atoms with Gasteiger partial charge in [0.05, 0.1) is 30.0 Å². The van der Waals surface area contributed by atoms with E-state index in [0.717, 1.165) is 0 Å². The number of aryl methyl sites for hydroxylation is 1. The normalized spacial score (nSPS) is 14.7. The number of aromatic nitrogens is 2. The summed E-state index contributed by atoms with van der Waals surface area (Å²) in [7, 11) is -4.06. The van der Waals surface area contributed by atoms with Crippen LogP contribution in [0.4, 0.5) is 5.69 Å². The first kappa shape index (κ1) is 20.5. The van der Waals surface area contributed by atoms with Gasteiger partial charge in [-0.2, -0.15) is 0 Å². The first-order valence-electron chi connectivity index (χ1n) is 9.26. The number of ether oxygens (including phenoxy) is 1. The number of carbonyl (C=O) groups excluding carboxylic acids is 1. The molecule has 0 spiro atoms. The highest BCUT2D eigenvalue weighted by molar-refractivity contribution is 7.93. The Bertz CT molecular complexity index is 1220. The van der Waals surface area contributed by atoms with Crippen LogP contribution in [0, 0.1) is 6.92 Å². The quantitative estimate of drug-likeness (QED) is 0.661. The number of sulfonamides is 1. The van der Waals surface area contributed by atoms with Crippen molar-refractivity contribution in [3.63, 3.8) is 0 Å². The SMILES string of the molecule is Cc1cc(C(=O)N2CCOCC2)c(NS(=O)(=O)c2cccc3nccnc23)cc1Cl. The molecule has 8 nitrogen and oxygen atoms in total. The molecule has 2 heterocycles. The molecule has 10 heteroatoms. The van der Waals surface area contributed by atoms with Gasteiger partial charge in [-0.15, -0.1) is 0 Å². The van der Waals surface area contributed by atoms with E-state index in [0.29, 0.717) is 42.4 Å². The maximum absolute atomic E-state index is 13.2. The lowest BCUT2D eigenvalue weighted by atomic mass is 10.1. The monoisotopic (exact) mass is 446 g/mol. The fourth-order valence-electron chi connectivity index (χ4n) is 3.26. The highest BCUT2D eigenvalue weighted by Gasteiger charge is 2.26. The van der Waals surface area contributed by atoms with Crippen molar-refractivity contribution >= 4 is 44.3 Å². The van der Waals surface area contributed by atoms with Crippen LogP contribution in [0.25, 0.3) is 11.0 Å². The lowest BCUT2D eigenvalue weighted by Gasteiger charge is -2.28. The third-order valence-corrected chi connectivity index (χ3v) is 6.63.